The smallest absolute Gasteiger partial charge is 0.233 e. The predicted molar refractivity (Wildman–Crippen MR) is 104 cm³/mol. The van der Waals surface area contributed by atoms with Gasteiger partial charge < -0.3 is 5.32 Å². The van der Waals surface area contributed by atoms with Gasteiger partial charge in [0.15, 0.2) is 9.84 Å². The van der Waals surface area contributed by atoms with Crippen molar-refractivity contribution < 1.29 is 22.8 Å². The van der Waals surface area contributed by atoms with Gasteiger partial charge in [-0.15, -0.1) is 0 Å². The van der Waals surface area contributed by atoms with Crippen molar-refractivity contribution in [2.45, 2.75) is 37.9 Å². The minimum absolute atomic E-state index is 0.00431. The quantitative estimate of drug-likeness (QED) is 0.656. The van der Waals surface area contributed by atoms with Gasteiger partial charge in [0.2, 0.25) is 17.7 Å². The summed E-state index contributed by atoms with van der Waals surface area (Å²) in [6, 6.07) is 8.88. The van der Waals surface area contributed by atoms with Crippen molar-refractivity contribution in [1.29, 1.82) is 0 Å². The molecule has 0 spiro atoms. The van der Waals surface area contributed by atoms with E-state index in [0.717, 1.165) is 25.7 Å². The largest absolute Gasteiger partial charge is 0.355 e. The fraction of sp³-hybridized carbons (Fsp3) is 0.550. The van der Waals surface area contributed by atoms with E-state index < -0.39 is 9.84 Å². The molecule has 28 heavy (non-hydrogen) atoms. The zero-order valence-corrected chi connectivity index (χ0v) is 16.6. The SMILES string of the molecule is O=C(CCN1C(=O)[C@H]2CCCC[C@@H]2C1=O)NCCS(=O)(=O)Cc1ccccc1. The molecule has 2 aliphatic rings. The van der Waals surface area contributed by atoms with Crippen molar-refractivity contribution in [3.63, 3.8) is 0 Å². The lowest BCUT2D eigenvalue weighted by Gasteiger charge is -2.19. The van der Waals surface area contributed by atoms with Crippen LogP contribution in [0.25, 0.3) is 0 Å². The van der Waals surface area contributed by atoms with E-state index in [2.05, 4.69) is 5.32 Å². The Morgan fingerprint density at radius 1 is 1.04 bits per heavy atom. The molecule has 0 radical (unpaired) electrons. The summed E-state index contributed by atoms with van der Waals surface area (Å²) < 4.78 is 24.3. The molecule has 3 rings (SSSR count). The number of carbonyl (C=O) groups excluding carboxylic acids is 3. The Labute approximate surface area is 165 Å². The minimum atomic E-state index is -3.33. The van der Waals surface area contributed by atoms with Crippen molar-refractivity contribution in [3.05, 3.63) is 35.9 Å². The van der Waals surface area contributed by atoms with Gasteiger partial charge in [-0.2, -0.15) is 0 Å². The van der Waals surface area contributed by atoms with E-state index in [1.165, 1.54) is 4.90 Å². The van der Waals surface area contributed by atoms with Crippen LogP contribution in [0.2, 0.25) is 0 Å². The molecule has 1 aliphatic carbocycles. The molecule has 0 bridgehead atoms. The van der Waals surface area contributed by atoms with E-state index >= 15 is 0 Å². The van der Waals surface area contributed by atoms with Crippen LogP contribution in [0.5, 0.6) is 0 Å². The molecule has 1 N–H and O–H groups in total. The number of fused-ring (bicyclic) bond motifs is 1. The topological polar surface area (TPSA) is 101 Å². The van der Waals surface area contributed by atoms with Crippen molar-refractivity contribution in [2.75, 3.05) is 18.8 Å². The van der Waals surface area contributed by atoms with Gasteiger partial charge in [-0.25, -0.2) is 8.42 Å². The van der Waals surface area contributed by atoms with Gasteiger partial charge in [0.1, 0.15) is 0 Å². The first kappa shape index (κ1) is 20.5. The first-order valence-corrected chi connectivity index (χ1v) is 11.6. The number of hydrogen-bond donors (Lipinski definition) is 1. The number of imide groups is 1. The van der Waals surface area contributed by atoms with Gasteiger partial charge in [0.05, 0.1) is 23.3 Å². The van der Waals surface area contributed by atoms with E-state index in [0.29, 0.717) is 5.56 Å². The normalized spacial score (nSPS) is 22.2. The van der Waals surface area contributed by atoms with Crippen LogP contribution < -0.4 is 5.32 Å². The maximum Gasteiger partial charge on any atom is 0.233 e. The van der Waals surface area contributed by atoms with Gasteiger partial charge in [-0.05, 0) is 18.4 Å². The van der Waals surface area contributed by atoms with Crippen LogP contribution in [0.1, 0.15) is 37.7 Å². The lowest BCUT2D eigenvalue weighted by Crippen LogP contribution is -2.36. The summed E-state index contributed by atoms with van der Waals surface area (Å²) in [4.78, 5) is 38.0. The van der Waals surface area contributed by atoms with E-state index in [1.54, 1.807) is 24.3 Å². The molecule has 0 aromatic heterocycles. The maximum absolute atomic E-state index is 12.4. The molecule has 1 aromatic carbocycles. The molecule has 7 nitrogen and oxygen atoms in total. The number of amides is 3. The highest BCUT2D eigenvalue weighted by atomic mass is 32.2. The number of nitrogens with one attached hydrogen (secondary N) is 1. The molecular weight excluding hydrogens is 380 g/mol. The lowest BCUT2D eigenvalue weighted by atomic mass is 9.81. The van der Waals surface area contributed by atoms with Gasteiger partial charge >= 0.3 is 0 Å². The minimum Gasteiger partial charge on any atom is -0.355 e. The maximum atomic E-state index is 12.4. The molecule has 0 unspecified atom stereocenters. The molecule has 152 valence electrons. The van der Waals surface area contributed by atoms with Crippen LogP contribution in [0.15, 0.2) is 30.3 Å². The molecule has 8 heteroatoms. The summed E-state index contributed by atoms with van der Waals surface area (Å²) >= 11 is 0. The van der Waals surface area contributed by atoms with Crippen LogP contribution in [-0.4, -0.2) is 49.9 Å². The summed E-state index contributed by atoms with van der Waals surface area (Å²) in [5.41, 5.74) is 0.710. The summed E-state index contributed by atoms with van der Waals surface area (Å²) in [6.07, 6.45) is 3.42. The zero-order chi connectivity index (χ0) is 20.1. The number of likely N-dealkylation sites (tertiary alicyclic amines) is 1. The number of carbonyl (C=O) groups is 3. The Kier molecular flexibility index (Phi) is 6.49. The third kappa shape index (κ3) is 4.98. The first-order chi connectivity index (χ1) is 13.4. The van der Waals surface area contributed by atoms with E-state index in [9.17, 15) is 22.8 Å². The molecular formula is C20H26N2O5S. The predicted octanol–water partition coefficient (Wildman–Crippen LogP) is 1.28. The van der Waals surface area contributed by atoms with Gasteiger partial charge in [0.25, 0.3) is 0 Å². The number of hydrogen-bond acceptors (Lipinski definition) is 5. The second-order valence-corrected chi connectivity index (χ2v) is 9.69. The highest BCUT2D eigenvalue weighted by Gasteiger charge is 2.47. The number of nitrogens with zero attached hydrogens (tertiary/aromatic N) is 1. The lowest BCUT2D eigenvalue weighted by molar-refractivity contribution is -0.140. The highest BCUT2D eigenvalue weighted by molar-refractivity contribution is 7.90. The van der Waals surface area contributed by atoms with Crippen LogP contribution in [0.4, 0.5) is 0 Å². The molecule has 2 atom stereocenters. The van der Waals surface area contributed by atoms with Gasteiger partial charge in [0, 0.05) is 19.5 Å². The summed E-state index contributed by atoms with van der Waals surface area (Å²) in [5, 5.41) is 2.57. The second kappa shape index (κ2) is 8.86. The molecule has 1 heterocycles. The Morgan fingerprint density at radius 2 is 1.64 bits per heavy atom. The van der Waals surface area contributed by atoms with Crippen molar-refractivity contribution in [2.24, 2.45) is 11.8 Å². The molecule has 1 aliphatic heterocycles. The second-order valence-electron chi connectivity index (χ2n) is 7.50. The van der Waals surface area contributed by atoms with Crippen LogP contribution >= 0.6 is 0 Å². The number of sulfone groups is 1. The van der Waals surface area contributed by atoms with Crippen LogP contribution in [0, 0.1) is 11.8 Å². The fourth-order valence-corrected chi connectivity index (χ4v) is 5.26. The average molecular weight is 407 g/mol. The Balaban J connectivity index is 1.41. The van der Waals surface area contributed by atoms with Crippen molar-refractivity contribution >= 4 is 27.6 Å². The zero-order valence-electron chi connectivity index (χ0n) is 15.8. The van der Waals surface area contributed by atoms with Gasteiger partial charge in [-0.1, -0.05) is 43.2 Å². The first-order valence-electron chi connectivity index (χ1n) is 9.74. The monoisotopic (exact) mass is 406 g/mol. The number of benzene rings is 1. The van der Waals surface area contributed by atoms with E-state index in [-0.39, 0.29) is 60.6 Å². The molecule has 3 amide bonds. The van der Waals surface area contributed by atoms with Crippen molar-refractivity contribution in [1.82, 2.24) is 10.2 Å². The summed E-state index contributed by atoms with van der Waals surface area (Å²) in [5.74, 6) is -1.33. The summed E-state index contributed by atoms with van der Waals surface area (Å²) in [6.45, 7) is 0.0778. The van der Waals surface area contributed by atoms with Crippen molar-refractivity contribution in [3.8, 4) is 0 Å². The highest BCUT2D eigenvalue weighted by Crippen LogP contribution is 2.37. The standard InChI is InChI=1S/C20H26N2O5S/c23-18(21-11-13-28(26,27)14-15-6-2-1-3-7-15)10-12-22-19(24)16-8-4-5-9-17(16)20(22)25/h1-3,6-7,16-17H,4-5,8-14H2,(H,21,23)/t16-,17-/m0/s1. The molecule has 2 fully saturated rings. The third-order valence-corrected chi connectivity index (χ3v) is 7.06. The van der Waals surface area contributed by atoms with Gasteiger partial charge in [-0.3, -0.25) is 19.3 Å². The van der Waals surface area contributed by atoms with E-state index in [1.807, 2.05) is 6.07 Å². The number of rotatable bonds is 8. The van der Waals surface area contributed by atoms with Crippen LogP contribution in [0.3, 0.4) is 0 Å². The van der Waals surface area contributed by atoms with Crippen LogP contribution in [-0.2, 0) is 30.0 Å². The Bertz CT molecular complexity index is 813. The third-order valence-electron chi connectivity index (χ3n) is 5.46. The fourth-order valence-electron chi connectivity index (χ4n) is 4.00. The molecule has 1 saturated carbocycles. The van der Waals surface area contributed by atoms with E-state index in [4.69, 9.17) is 0 Å². The Hall–Kier alpha value is -2.22. The Morgan fingerprint density at radius 3 is 2.25 bits per heavy atom. The molecule has 1 saturated heterocycles. The summed E-state index contributed by atoms with van der Waals surface area (Å²) in [7, 11) is -3.33. The average Bonchev–Trinajstić information content (AvgIpc) is 2.91. The molecule has 1 aromatic rings.